The third kappa shape index (κ3) is 4.06. The molecule has 7 heteroatoms. The normalized spacial score (nSPS) is 15.4. The Kier molecular flexibility index (Phi) is 5.69. The first-order chi connectivity index (χ1) is 14.1. The molecule has 0 radical (unpaired) electrons. The molecule has 1 aliphatic carbocycles. The second-order valence-electron chi connectivity index (χ2n) is 7.14. The van der Waals surface area contributed by atoms with Gasteiger partial charge in [-0.05, 0) is 54.3 Å². The molecule has 2 amide bonds. The van der Waals surface area contributed by atoms with Gasteiger partial charge in [0, 0.05) is 4.88 Å². The topological polar surface area (TPSA) is 67.4 Å². The number of methoxy groups -OCH3 is 1. The number of benzene rings is 1. The summed E-state index contributed by atoms with van der Waals surface area (Å²) < 4.78 is 5.35. The molecule has 0 saturated carbocycles. The lowest BCUT2D eigenvalue weighted by atomic mass is 9.88. The number of rotatable bonds is 5. The van der Waals surface area contributed by atoms with E-state index in [1.807, 2.05) is 29.6 Å². The van der Waals surface area contributed by atoms with Crippen molar-refractivity contribution in [1.82, 2.24) is 0 Å². The van der Waals surface area contributed by atoms with Gasteiger partial charge in [-0.15, -0.1) is 22.7 Å². The fourth-order valence-electron chi connectivity index (χ4n) is 3.58. The first-order valence-corrected chi connectivity index (χ1v) is 11.2. The molecule has 5 nitrogen and oxygen atoms in total. The van der Waals surface area contributed by atoms with E-state index < -0.39 is 0 Å². The van der Waals surface area contributed by atoms with E-state index in [-0.39, 0.29) is 11.8 Å². The molecule has 0 bridgehead atoms. The predicted octanol–water partition coefficient (Wildman–Crippen LogP) is 5.45. The Morgan fingerprint density at radius 1 is 1.10 bits per heavy atom. The molecule has 1 aliphatic rings. The molecular weight excluding hydrogens is 404 g/mol. The summed E-state index contributed by atoms with van der Waals surface area (Å²) in [4.78, 5) is 27.7. The summed E-state index contributed by atoms with van der Waals surface area (Å²) in [5.74, 6) is 0.774. The minimum absolute atomic E-state index is 0.182. The van der Waals surface area contributed by atoms with Crippen LogP contribution in [0.2, 0.25) is 0 Å². The van der Waals surface area contributed by atoms with Crippen LogP contribution >= 0.6 is 22.7 Å². The van der Waals surface area contributed by atoms with Crippen LogP contribution in [0, 0.1) is 5.92 Å². The van der Waals surface area contributed by atoms with Gasteiger partial charge < -0.3 is 15.4 Å². The van der Waals surface area contributed by atoms with E-state index >= 15 is 0 Å². The fourth-order valence-corrected chi connectivity index (χ4v) is 5.61. The van der Waals surface area contributed by atoms with E-state index in [1.165, 1.54) is 27.6 Å². The van der Waals surface area contributed by atoms with Crippen LogP contribution in [-0.4, -0.2) is 18.9 Å². The number of fused-ring (bicyclic) bond motifs is 1. The van der Waals surface area contributed by atoms with E-state index in [0.29, 0.717) is 32.8 Å². The summed E-state index contributed by atoms with van der Waals surface area (Å²) in [6.07, 6.45) is 2.82. The number of amides is 2. The van der Waals surface area contributed by atoms with Crippen molar-refractivity contribution in [3.8, 4) is 5.75 Å². The highest BCUT2D eigenvalue weighted by Gasteiger charge is 2.29. The summed E-state index contributed by atoms with van der Waals surface area (Å²) in [6, 6.07) is 10.9. The largest absolute Gasteiger partial charge is 0.495 e. The first kappa shape index (κ1) is 19.7. The van der Waals surface area contributed by atoms with Crippen LogP contribution in [0.5, 0.6) is 5.75 Å². The Labute approximate surface area is 177 Å². The maximum atomic E-state index is 13.3. The van der Waals surface area contributed by atoms with E-state index in [1.54, 1.807) is 19.2 Å². The van der Waals surface area contributed by atoms with Crippen molar-refractivity contribution in [3.05, 3.63) is 62.7 Å². The summed E-state index contributed by atoms with van der Waals surface area (Å²) in [7, 11) is 1.57. The average Bonchev–Trinajstić information content (AvgIpc) is 3.35. The Hall–Kier alpha value is -2.64. The van der Waals surface area contributed by atoms with Crippen LogP contribution in [-0.2, 0) is 12.8 Å². The Morgan fingerprint density at radius 3 is 2.69 bits per heavy atom. The van der Waals surface area contributed by atoms with Crippen molar-refractivity contribution in [3.63, 3.8) is 0 Å². The van der Waals surface area contributed by atoms with E-state index in [9.17, 15) is 9.59 Å². The number of nitrogens with one attached hydrogen (secondary N) is 2. The quantitative estimate of drug-likeness (QED) is 0.570. The molecule has 0 unspecified atom stereocenters. The zero-order valence-corrected chi connectivity index (χ0v) is 17.9. The lowest BCUT2D eigenvalue weighted by Crippen LogP contribution is -2.19. The van der Waals surface area contributed by atoms with Gasteiger partial charge in [-0.1, -0.05) is 25.1 Å². The van der Waals surface area contributed by atoms with E-state index in [4.69, 9.17) is 4.74 Å². The molecule has 1 atom stereocenters. The van der Waals surface area contributed by atoms with Gasteiger partial charge in [-0.2, -0.15) is 0 Å². The van der Waals surface area contributed by atoms with E-state index in [2.05, 4.69) is 17.6 Å². The lowest BCUT2D eigenvalue weighted by Gasteiger charge is -2.19. The third-order valence-electron chi connectivity index (χ3n) is 5.07. The van der Waals surface area contributed by atoms with Gasteiger partial charge in [0.25, 0.3) is 11.8 Å². The molecule has 1 aromatic carbocycles. The Bertz CT molecular complexity index is 1040. The maximum absolute atomic E-state index is 13.3. The monoisotopic (exact) mass is 426 g/mol. The highest BCUT2D eigenvalue weighted by Crippen LogP contribution is 2.40. The lowest BCUT2D eigenvalue weighted by molar-refractivity contribution is 0.102. The molecule has 0 fully saturated rings. The number of carbonyl (C=O) groups is 2. The van der Waals surface area contributed by atoms with Gasteiger partial charge in [-0.3, -0.25) is 9.59 Å². The standard InChI is InChI=1S/C22H22N2O3S2/c1-13-9-10-14-18(12-13)29-22(24-20(25)17-8-5-11-28-17)19(14)21(26)23-15-6-3-4-7-16(15)27-2/h3-8,11,13H,9-10,12H2,1-2H3,(H,23,26)(H,24,25)/t13-/m1/s1. The molecule has 0 saturated heterocycles. The molecule has 0 aliphatic heterocycles. The highest BCUT2D eigenvalue weighted by atomic mass is 32.1. The molecular formula is C22H22N2O3S2. The zero-order valence-electron chi connectivity index (χ0n) is 16.3. The molecule has 2 aromatic heterocycles. The van der Waals surface area contributed by atoms with Gasteiger partial charge in [0.2, 0.25) is 0 Å². The van der Waals surface area contributed by atoms with Crippen molar-refractivity contribution in [2.45, 2.75) is 26.2 Å². The van der Waals surface area contributed by atoms with Crippen molar-refractivity contribution >= 4 is 45.2 Å². The predicted molar refractivity (Wildman–Crippen MR) is 119 cm³/mol. The van der Waals surface area contributed by atoms with Crippen LogP contribution < -0.4 is 15.4 Å². The molecule has 0 spiro atoms. The molecule has 2 N–H and O–H groups in total. The minimum atomic E-state index is -0.219. The van der Waals surface area contributed by atoms with Gasteiger partial charge in [0.05, 0.1) is 23.2 Å². The van der Waals surface area contributed by atoms with Crippen LogP contribution in [0.15, 0.2) is 41.8 Å². The molecule has 29 heavy (non-hydrogen) atoms. The summed E-state index contributed by atoms with van der Waals surface area (Å²) >= 11 is 2.90. The number of carbonyl (C=O) groups excluding carboxylic acids is 2. The molecule has 150 valence electrons. The SMILES string of the molecule is COc1ccccc1NC(=O)c1c(NC(=O)c2cccs2)sc2c1CC[C@@H](C)C2. The highest BCUT2D eigenvalue weighted by molar-refractivity contribution is 7.17. The summed E-state index contributed by atoms with van der Waals surface area (Å²) in [5.41, 5.74) is 2.24. The third-order valence-corrected chi connectivity index (χ3v) is 7.10. The van der Waals surface area contributed by atoms with Crippen LogP contribution in [0.3, 0.4) is 0 Å². The van der Waals surface area contributed by atoms with Gasteiger partial charge >= 0.3 is 0 Å². The minimum Gasteiger partial charge on any atom is -0.495 e. The number of hydrogen-bond donors (Lipinski definition) is 2. The van der Waals surface area contributed by atoms with E-state index in [0.717, 1.165) is 24.8 Å². The second-order valence-corrected chi connectivity index (χ2v) is 9.19. The second kappa shape index (κ2) is 8.39. The fraction of sp³-hybridized carbons (Fsp3) is 0.273. The summed E-state index contributed by atoms with van der Waals surface area (Å²) in [5, 5.41) is 8.43. The average molecular weight is 427 g/mol. The smallest absolute Gasteiger partial charge is 0.266 e. The molecule has 2 heterocycles. The number of ether oxygens (including phenoxy) is 1. The van der Waals surface area contributed by atoms with Gasteiger partial charge in [0.15, 0.2) is 0 Å². The van der Waals surface area contributed by atoms with Gasteiger partial charge in [0.1, 0.15) is 10.8 Å². The van der Waals surface area contributed by atoms with Gasteiger partial charge in [-0.25, -0.2) is 0 Å². The number of para-hydroxylation sites is 2. The van der Waals surface area contributed by atoms with Crippen molar-refractivity contribution in [2.75, 3.05) is 17.7 Å². The van der Waals surface area contributed by atoms with Crippen molar-refractivity contribution < 1.29 is 14.3 Å². The van der Waals surface area contributed by atoms with Crippen LogP contribution in [0.1, 0.15) is 43.8 Å². The maximum Gasteiger partial charge on any atom is 0.266 e. The van der Waals surface area contributed by atoms with Crippen molar-refractivity contribution in [1.29, 1.82) is 0 Å². The Morgan fingerprint density at radius 2 is 1.93 bits per heavy atom. The first-order valence-electron chi connectivity index (χ1n) is 9.50. The van der Waals surface area contributed by atoms with Crippen LogP contribution in [0.25, 0.3) is 0 Å². The summed E-state index contributed by atoms with van der Waals surface area (Å²) in [6.45, 7) is 2.22. The van der Waals surface area contributed by atoms with Crippen molar-refractivity contribution in [2.24, 2.45) is 5.92 Å². The Balaban J connectivity index is 1.68. The number of hydrogen-bond acceptors (Lipinski definition) is 5. The van der Waals surface area contributed by atoms with Crippen LogP contribution in [0.4, 0.5) is 10.7 Å². The number of anilines is 2. The zero-order chi connectivity index (χ0) is 20.4. The molecule has 4 rings (SSSR count). The molecule has 3 aromatic rings. The number of thiophene rings is 2.